The highest BCUT2D eigenvalue weighted by Crippen LogP contribution is 2.35. The molecule has 1 aromatic carbocycles. The number of sulfonamides is 1. The number of aromatic nitrogens is 2. The summed E-state index contributed by atoms with van der Waals surface area (Å²) < 4.78 is 29.0. The van der Waals surface area contributed by atoms with Crippen molar-refractivity contribution in [3.05, 3.63) is 47.9 Å². The summed E-state index contributed by atoms with van der Waals surface area (Å²) in [5.41, 5.74) is 9.11. The van der Waals surface area contributed by atoms with Crippen LogP contribution in [0.15, 0.2) is 41.8 Å². The molecule has 0 saturated carbocycles. The number of nitrogens with zero attached hydrogens (tertiary/aromatic N) is 3. The number of imidazole rings is 1. The van der Waals surface area contributed by atoms with Crippen LogP contribution in [-0.2, 0) is 17.1 Å². The van der Waals surface area contributed by atoms with Crippen molar-refractivity contribution < 1.29 is 8.42 Å². The summed E-state index contributed by atoms with van der Waals surface area (Å²) in [6.45, 7) is 3.06. The molecule has 4 rings (SSSR count). The highest BCUT2D eigenvalue weighted by atomic mass is 32.2. The average Bonchev–Trinajstić information content (AvgIpc) is 3.21. The van der Waals surface area contributed by atoms with E-state index in [2.05, 4.69) is 47.0 Å². The van der Waals surface area contributed by atoms with E-state index in [9.17, 15) is 8.42 Å². The second-order valence-corrected chi connectivity index (χ2v) is 8.86. The number of benzene rings is 1. The van der Waals surface area contributed by atoms with Crippen LogP contribution in [0.3, 0.4) is 0 Å². The van der Waals surface area contributed by atoms with Crippen LogP contribution >= 0.6 is 0 Å². The van der Waals surface area contributed by atoms with Gasteiger partial charge in [-0.2, -0.15) is 4.31 Å². The van der Waals surface area contributed by atoms with Crippen LogP contribution in [0.5, 0.6) is 0 Å². The molecule has 134 valence electrons. The second kappa shape index (κ2) is 6.21. The zero-order valence-corrected chi connectivity index (χ0v) is 15.2. The number of hydrazine groups is 1. The fraction of sp³-hybridized carbons (Fsp3) is 0.471. The van der Waals surface area contributed by atoms with Crippen molar-refractivity contribution in [2.24, 2.45) is 13.0 Å². The molecule has 1 aromatic heterocycles. The van der Waals surface area contributed by atoms with E-state index >= 15 is 0 Å². The van der Waals surface area contributed by atoms with Gasteiger partial charge in [0.15, 0.2) is 5.03 Å². The lowest BCUT2D eigenvalue weighted by Gasteiger charge is -2.34. The molecule has 0 bridgehead atoms. The van der Waals surface area contributed by atoms with E-state index in [1.165, 1.54) is 17.5 Å². The summed E-state index contributed by atoms with van der Waals surface area (Å²) in [6.07, 6.45) is 3.86. The van der Waals surface area contributed by atoms with Crippen LogP contribution in [0.1, 0.15) is 23.6 Å². The van der Waals surface area contributed by atoms with E-state index < -0.39 is 10.0 Å². The lowest BCUT2D eigenvalue weighted by atomic mass is 9.86. The number of aryl methyl sites for hydroxylation is 2. The first-order chi connectivity index (χ1) is 11.9. The Labute approximate surface area is 148 Å². The van der Waals surface area contributed by atoms with E-state index in [0.29, 0.717) is 13.1 Å². The molecule has 2 saturated heterocycles. The van der Waals surface area contributed by atoms with Crippen molar-refractivity contribution in [3.8, 4) is 0 Å². The number of hydrogen-bond acceptors (Lipinski definition) is 5. The van der Waals surface area contributed by atoms with Gasteiger partial charge in [0.2, 0.25) is 0 Å². The topological polar surface area (TPSA) is 79.3 Å². The normalized spacial score (nSPS) is 27.4. The van der Waals surface area contributed by atoms with E-state index in [1.54, 1.807) is 22.1 Å². The third-order valence-corrected chi connectivity index (χ3v) is 6.95. The predicted molar refractivity (Wildman–Crippen MR) is 94.1 cm³/mol. The molecule has 2 aliphatic heterocycles. The van der Waals surface area contributed by atoms with Gasteiger partial charge >= 0.3 is 0 Å². The van der Waals surface area contributed by atoms with Gasteiger partial charge in [0.05, 0.1) is 12.4 Å². The van der Waals surface area contributed by atoms with Gasteiger partial charge in [0.25, 0.3) is 10.0 Å². The zero-order chi connectivity index (χ0) is 17.6. The third-order valence-electron chi connectivity index (χ3n) is 5.20. The highest BCUT2D eigenvalue weighted by Gasteiger charge is 2.43. The standard InChI is InChI=1S/C17H23N5O2S/c1-12-3-5-13(6-4-12)17-14-9-22(8-7-15(14)19-20-17)25(23,24)16-10-21(2)11-18-16/h3-6,10-11,14-15,17,19-20H,7-9H2,1-2H3. The van der Waals surface area contributed by atoms with Crippen molar-refractivity contribution in [2.45, 2.75) is 30.5 Å². The monoisotopic (exact) mass is 361 g/mol. The number of piperidine rings is 1. The van der Waals surface area contributed by atoms with Crippen LogP contribution in [0.25, 0.3) is 0 Å². The molecule has 3 heterocycles. The minimum atomic E-state index is -3.55. The van der Waals surface area contributed by atoms with E-state index in [1.807, 2.05) is 0 Å². The number of hydrogen-bond donors (Lipinski definition) is 2. The van der Waals surface area contributed by atoms with Crippen molar-refractivity contribution >= 4 is 10.0 Å². The maximum absolute atomic E-state index is 12.9. The van der Waals surface area contributed by atoms with Crippen LogP contribution in [0.2, 0.25) is 0 Å². The summed E-state index contributed by atoms with van der Waals surface area (Å²) in [7, 11) is -1.77. The van der Waals surface area contributed by atoms with Gasteiger partial charge in [0, 0.05) is 38.3 Å². The molecule has 2 fully saturated rings. The maximum Gasteiger partial charge on any atom is 0.262 e. The average molecular weight is 361 g/mol. The molecule has 0 radical (unpaired) electrons. The van der Waals surface area contributed by atoms with Gasteiger partial charge in [-0.1, -0.05) is 29.8 Å². The van der Waals surface area contributed by atoms with Gasteiger partial charge in [-0.25, -0.2) is 18.8 Å². The van der Waals surface area contributed by atoms with Crippen LogP contribution in [-0.4, -0.2) is 41.4 Å². The molecule has 0 aliphatic carbocycles. The second-order valence-electron chi connectivity index (χ2n) is 6.98. The summed E-state index contributed by atoms with van der Waals surface area (Å²) in [5.74, 6) is 0.190. The minimum Gasteiger partial charge on any atom is -0.339 e. The molecule has 7 nitrogen and oxygen atoms in total. The maximum atomic E-state index is 12.9. The Balaban J connectivity index is 1.58. The largest absolute Gasteiger partial charge is 0.339 e. The molecular weight excluding hydrogens is 338 g/mol. The van der Waals surface area contributed by atoms with Gasteiger partial charge in [-0.05, 0) is 18.9 Å². The van der Waals surface area contributed by atoms with Gasteiger partial charge in [0.1, 0.15) is 0 Å². The highest BCUT2D eigenvalue weighted by molar-refractivity contribution is 7.89. The zero-order valence-electron chi connectivity index (χ0n) is 14.4. The lowest BCUT2D eigenvalue weighted by Crippen LogP contribution is -2.47. The van der Waals surface area contributed by atoms with Crippen LogP contribution < -0.4 is 10.9 Å². The van der Waals surface area contributed by atoms with Crippen molar-refractivity contribution in [2.75, 3.05) is 13.1 Å². The Hall–Kier alpha value is -1.74. The smallest absolute Gasteiger partial charge is 0.262 e. The van der Waals surface area contributed by atoms with E-state index in [-0.39, 0.29) is 23.0 Å². The Morgan fingerprint density at radius 1 is 1.20 bits per heavy atom. The SMILES string of the molecule is Cc1ccc(C2NNC3CCN(S(=O)(=O)c4cn(C)cn4)CC32)cc1. The molecule has 2 aliphatic rings. The van der Waals surface area contributed by atoms with E-state index in [4.69, 9.17) is 0 Å². The molecule has 0 spiro atoms. The Bertz CT molecular complexity index is 861. The van der Waals surface area contributed by atoms with E-state index in [0.717, 1.165) is 6.42 Å². The molecule has 3 atom stereocenters. The van der Waals surface area contributed by atoms with Crippen molar-refractivity contribution in [3.63, 3.8) is 0 Å². The summed E-state index contributed by atoms with van der Waals surface area (Å²) in [5, 5.41) is 0.124. The molecule has 2 N–H and O–H groups in total. The van der Waals surface area contributed by atoms with Crippen molar-refractivity contribution in [1.29, 1.82) is 0 Å². The molecular formula is C17H23N5O2S. The summed E-state index contributed by atoms with van der Waals surface area (Å²) in [4.78, 5) is 4.04. The lowest BCUT2D eigenvalue weighted by molar-refractivity contribution is 0.234. The summed E-state index contributed by atoms with van der Waals surface area (Å²) >= 11 is 0. The predicted octanol–water partition coefficient (Wildman–Crippen LogP) is 0.957. The Morgan fingerprint density at radius 3 is 2.64 bits per heavy atom. The quantitative estimate of drug-likeness (QED) is 0.851. The first-order valence-corrected chi connectivity index (χ1v) is 9.95. The Kier molecular flexibility index (Phi) is 4.15. The fourth-order valence-corrected chi connectivity index (χ4v) is 5.21. The molecule has 8 heteroatoms. The third kappa shape index (κ3) is 2.99. The Morgan fingerprint density at radius 2 is 1.96 bits per heavy atom. The number of rotatable bonds is 3. The first-order valence-electron chi connectivity index (χ1n) is 8.51. The first kappa shape index (κ1) is 16.7. The molecule has 3 unspecified atom stereocenters. The van der Waals surface area contributed by atoms with Gasteiger partial charge in [-0.15, -0.1) is 0 Å². The van der Waals surface area contributed by atoms with Crippen LogP contribution in [0, 0.1) is 12.8 Å². The molecule has 2 aromatic rings. The number of fused-ring (bicyclic) bond motifs is 1. The van der Waals surface area contributed by atoms with Crippen LogP contribution in [0.4, 0.5) is 0 Å². The minimum absolute atomic E-state index is 0.104. The molecule has 0 amide bonds. The fourth-order valence-electron chi connectivity index (χ4n) is 3.75. The van der Waals surface area contributed by atoms with Gasteiger partial charge < -0.3 is 4.57 Å². The van der Waals surface area contributed by atoms with Gasteiger partial charge in [-0.3, -0.25) is 5.43 Å². The molecule has 25 heavy (non-hydrogen) atoms. The van der Waals surface area contributed by atoms with Crippen molar-refractivity contribution in [1.82, 2.24) is 24.7 Å². The summed E-state index contributed by atoms with van der Waals surface area (Å²) in [6, 6.07) is 8.80. The number of nitrogens with one attached hydrogen (secondary N) is 2.